The molecule has 2 heterocycles. The molecule has 3 rings (SSSR count). The molecule has 0 radical (unpaired) electrons. The highest BCUT2D eigenvalue weighted by molar-refractivity contribution is 14.0. The number of aliphatic imine (C=N–C) groups is 1. The Morgan fingerprint density at radius 3 is 2.83 bits per heavy atom. The number of H-pyrrole nitrogens is 1. The molecule has 0 aliphatic rings. The SMILES string of the molecule is CCNC(=NCc1cc2ccccc2[nH]1)NCc1ncc(C)s1.I. The lowest BCUT2D eigenvalue weighted by Crippen LogP contribution is -2.36. The molecule has 0 atom stereocenters. The number of hydrogen-bond acceptors (Lipinski definition) is 3. The Labute approximate surface area is 163 Å². The Balaban J connectivity index is 0.00000208. The van der Waals surface area contributed by atoms with Crippen LogP contribution in [0, 0.1) is 6.92 Å². The van der Waals surface area contributed by atoms with Crippen LogP contribution in [0.2, 0.25) is 0 Å². The second kappa shape index (κ2) is 9.03. The predicted octanol–water partition coefficient (Wildman–Crippen LogP) is 3.81. The molecule has 0 saturated heterocycles. The average molecular weight is 455 g/mol. The number of rotatable bonds is 5. The Kier molecular flexibility index (Phi) is 7.04. The molecule has 0 bridgehead atoms. The highest BCUT2D eigenvalue weighted by Crippen LogP contribution is 2.15. The first-order chi connectivity index (χ1) is 11.2. The zero-order valence-electron chi connectivity index (χ0n) is 13.8. The summed E-state index contributed by atoms with van der Waals surface area (Å²) in [6.45, 7) is 6.26. The first-order valence-electron chi connectivity index (χ1n) is 7.74. The fourth-order valence-corrected chi connectivity index (χ4v) is 3.09. The van der Waals surface area contributed by atoms with Gasteiger partial charge in [0.2, 0.25) is 0 Å². The van der Waals surface area contributed by atoms with E-state index in [-0.39, 0.29) is 24.0 Å². The lowest BCUT2D eigenvalue weighted by molar-refractivity contribution is 0.809. The topological polar surface area (TPSA) is 65.1 Å². The fourth-order valence-electron chi connectivity index (χ4n) is 2.37. The largest absolute Gasteiger partial charge is 0.357 e. The molecule has 0 aliphatic carbocycles. The summed E-state index contributed by atoms with van der Waals surface area (Å²) < 4.78 is 0. The number of benzene rings is 1. The maximum absolute atomic E-state index is 4.64. The van der Waals surface area contributed by atoms with Crippen molar-refractivity contribution < 1.29 is 0 Å². The summed E-state index contributed by atoms with van der Waals surface area (Å²) in [6, 6.07) is 10.4. The van der Waals surface area contributed by atoms with Gasteiger partial charge < -0.3 is 15.6 Å². The summed E-state index contributed by atoms with van der Waals surface area (Å²) in [7, 11) is 0. The molecule has 0 aliphatic heterocycles. The van der Waals surface area contributed by atoms with E-state index >= 15 is 0 Å². The smallest absolute Gasteiger partial charge is 0.191 e. The van der Waals surface area contributed by atoms with Gasteiger partial charge in [-0.3, -0.25) is 0 Å². The van der Waals surface area contributed by atoms with Crippen molar-refractivity contribution >= 4 is 52.2 Å². The van der Waals surface area contributed by atoms with Gasteiger partial charge in [0.15, 0.2) is 5.96 Å². The lowest BCUT2D eigenvalue weighted by Gasteiger charge is -2.09. The first-order valence-corrected chi connectivity index (χ1v) is 8.56. The molecule has 3 N–H and O–H groups in total. The lowest BCUT2D eigenvalue weighted by atomic mass is 10.2. The number of fused-ring (bicyclic) bond motifs is 1. The number of thiazole rings is 1. The van der Waals surface area contributed by atoms with E-state index in [4.69, 9.17) is 0 Å². The van der Waals surface area contributed by atoms with Crippen LogP contribution in [0.3, 0.4) is 0 Å². The summed E-state index contributed by atoms with van der Waals surface area (Å²) in [5.41, 5.74) is 2.25. The van der Waals surface area contributed by atoms with Gasteiger partial charge in [-0.15, -0.1) is 35.3 Å². The minimum absolute atomic E-state index is 0. The molecule has 0 spiro atoms. The van der Waals surface area contributed by atoms with Crippen molar-refractivity contribution in [1.29, 1.82) is 0 Å². The van der Waals surface area contributed by atoms with Crippen LogP contribution in [-0.4, -0.2) is 22.5 Å². The molecule has 2 aromatic heterocycles. The summed E-state index contributed by atoms with van der Waals surface area (Å²) in [6.07, 6.45) is 1.90. The van der Waals surface area contributed by atoms with Crippen molar-refractivity contribution in [1.82, 2.24) is 20.6 Å². The van der Waals surface area contributed by atoms with Crippen LogP contribution in [0.5, 0.6) is 0 Å². The normalized spacial score (nSPS) is 11.3. The summed E-state index contributed by atoms with van der Waals surface area (Å²) in [4.78, 5) is 13.6. The van der Waals surface area contributed by atoms with Crippen LogP contribution in [0.25, 0.3) is 10.9 Å². The Bertz CT molecular complexity index is 775. The highest BCUT2D eigenvalue weighted by Gasteiger charge is 2.03. The van der Waals surface area contributed by atoms with Crippen molar-refractivity contribution in [3.8, 4) is 0 Å². The molecule has 0 unspecified atom stereocenters. The monoisotopic (exact) mass is 455 g/mol. The Hall–Kier alpha value is -1.61. The van der Waals surface area contributed by atoms with Gasteiger partial charge in [-0.25, -0.2) is 9.98 Å². The van der Waals surface area contributed by atoms with Gasteiger partial charge in [-0.05, 0) is 31.4 Å². The number of nitrogens with zero attached hydrogens (tertiary/aromatic N) is 2. The molecule has 128 valence electrons. The molecule has 1 aromatic carbocycles. The maximum Gasteiger partial charge on any atom is 0.191 e. The van der Waals surface area contributed by atoms with Crippen molar-refractivity contribution in [3.63, 3.8) is 0 Å². The van der Waals surface area contributed by atoms with E-state index in [0.29, 0.717) is 13.1 Å². The quantitative estimate of drug-likeness (QED) is 0.312. The standard InChI is InChI=1S/C17H21N5S.HI/c1-3-18-17(21-11-16-19-9-12(2)23-16)20-10-14-8-13-6-4-5-7-15(13)22-14;/h4-9,22H,3,10-11H2,1-2H3,(H2,18,20,21);1H. The van der Waals surface area contributed by atoms with Crippen LogP contribution in [0.1, 0.15) is 22.5 Å². The van der Waals surface area contributed by atoms with Crippen molar-refractivity contribution in [2.45, 2.75) is 26.9 Å². The summed E-state index contributed by atoms with van der Waals surface area (Å²) in [5.74, 6) is 0.805. The van der Waals surface area contributed by atoms with Gasteiger partial charge in [-0.1, -0.05) is 18.2 Å². The number of aromatic nitrogens is 2. The molecule has 0 fully saturated rings. The van der Waals surface area contributed by atoms with Crippen LogP contribution in [0.15, 0.2) is 41.5 Å². The van der Waals surface area contributed by atoms with Crippen molar-refractivity contribution in [2.24, 2.45) is 4.99 Å². The summed E-state index contributed by atoms with van der Waals surface area (Å²) in [5, 5.41) is 8.88. The van der Waals surface area contributed by atoms with Crippen LogP contribution < -0.4 is 10.6 Å². The third-order valence-electron chi connectivity index (χ3n) is 3.41. The molecule has 3 aromatic rings. The maximum atomic E-state index is 4.64. The minimum Gasteiger partial charge on any atom is -0.357 e. The number of aromatic amines is 1. The summed E-state index contributed by atoms with van der Waals surface area (Å²) >= 11 is 1.70. The van der Waals surface area contributed by atoms with Crippen LogP contribution in [0.4, 0.5) is 0 Å². The van der Waals surface area contributed by atoms with E-state index in [9.17, 15) is 0 Å². The molecule has 7 heteroatoms. The van der Waals surface area contributed by atoms with E-state index < -0.39 is 0 Å². The molecular formula is C17H22IN5S. The van der Waals surface area contributed by atoms with Gasteiger partial charge >= 0.3 is 0 Å². The predicted molar refractivity (Wildman–Crippen MR) is 112 cm³/mol. The number of nitrogens with one attached hydrogen (secondary N) is 3. The van der Waals surface area contributed by atoms with Gasteiger partial charge in [0.25, 0.3) is 0 Å². The van der Waals surface area contributed by atoms with E-state index in [2.05, 4.69) is 57.6 Å². The van der Waals surface area contributed by atoms with Crippen LogP contribution >= 0.6 is 35.3 Å². The van der Waals surface area contributed by atoms with Gasteiger partial charge in [0, 0.05) is 28.8 Å². The van der Waals surface area contributed by atoms with Gasteiger partial charge in [-0.2, -0.15) is 0 Å². The van der Waals surface area contributed by atoms with Crippen LogP contribution in [-0.2, 0) is 13.1 Å². The highest BCUT2D eigenvalue weighted by atomic mass is 127. The first kappa shape index (κ1) is 18.7. The zero-order chi connectivity index (χ0) is 16.1. The second-order valence-corrected chi connectivity index (χ2v) is 6.61. The minimum atomic E-state index is 0. The molecule has 0 saturated carbocycles. The third-order valence-corrected chi connectivity index (χ3v) is 4.33. The van der Waals surface area contributed by atoms with Gasteiger partial charge in [0.1, 0.15) is 5.01 Å². The van der Waals surface area contributed by atoms with E-state index in [0.717, 1.165) is 28.7 Å². The van der Waals surface area contributed by atoms with E-state index in [1.54, 1.807) is 11.3 Å². The van der Waals surface area contributed by atoms with Crippen molar-refractivity contribution in [3.05, 3.63) is 52.1 Å². The number of hydrogen-bond donors (Lipinski definition) is 3. The Morgan fingerprint density at radius 2 is 2.12 bits per heavy atom. The number of aryl methyl sites for hydroxylation is 1. The van der Waals surface area contributed by atoms with Crippen molar-refractivity contribution in [2.75, 3.05) is 6.54 Å². The number of halogens is 1. The third kappa shape index (κ3) is 4.94. The average Bonchev–Trinajstić information content (AvgIpc) is 3.15. The second-order valence-electron chi connectivity index (χ2n) is 5.30. The number of para-hydroxylation sites is 1. The van der Waals surface area contributed by atoms with Gasteiger partial charge in [0.05, 0.1) is 13.1 Å². The molecule has 5 nitrogen and oxygen atoms in total. The fraction of sp³-hybridized carbons (Fsp3) is 0.294. The van der Waals surface area contributed by atoms with E-state index in [1.807, 2.05) is 18.3 Å². The molecule has 24 heavy (non-hydrogen) atoms. The molecule has 0 amide bonds. The van der Waals surface area contributed by atoms with E-state index in [1.165, 1.54) is 10.3 Å². The molecular weight excluding hydrogens is 433 g/mol. The zero-order valence-corrected chi connectivity index (χ0v) is 16.9. The Morgan fingerprint density at radius 1 is 1.29 bits per heavy atom. The number of guanidine groups is 1.